The number of amides is 2. The number of carbonyl (C=O) groups is 2. The summed E-state index contributed by atoms with van der Waals surface area (Å²) in [6.07, 6.45) is 1.84. The lowest BCUT2D eigenvalue weighted by molar-refractivity contribution is -0.189. The van der Waals surface area contributed by atoms with Gasteiger partial charge in [0.2, 0.25) is 5.91 Å². The Kier molecular flexibility index (Phi) is 6.38. The molecule has 2 amide bonds. The molecule has 7 heteroatoms. The number of alkyl carbamates (subject to hydrolysis) is 1. The number of nitrogens with one attached hydrogen (secondary N) is 1. The summed E-state index contributed by atoms with van der Waals surface area (Å²) < 4.78 is 18.4. The van der Waals surface area contributed by atoms with Crippen molar-refractivity contribution in [1.29, 1.82) is 0 Å². The topological polar surface area (TPSA) is 77.1 Å². The molecule has 0 spiro atoms. The highest BCUT2D eigenvalue weighted by Crippen LogP contribution is 2.52. The van der Waals surface area contributed by atoms with E-state index in [1.807, 2.05) is 50.8 Å². The van der Waals surface area contributed by atoms with Crippen LogP contribution in [0.3, 0.4) is 0 Å². The molecule has 3 aliphatic heterocycles. The van der Waals surface area contributed by atoms with E-state index in [1.165, 1.54) is 0 Å². The number of para-hydroxylation sites is 1. The van der Waals surface area contributed by atoms with Gasteiger partial charge in [-0.05, 0) is 59.9 Å². The lowest BCUT2D eigenvalue weighted by Crippen LogP contribution is -2.58. The normalized spacial score (nSPS) is 29.0. The van der Waals surface area contributed by atoms with Gasteiger partial charge in [0, 0.05) is 30.5 Å². The van der Waals surface area contributed by atoms with Crippen molar-refractivity contribution in [1.82, 2.24) is 10.2 Å². The van der Waals surface area contributed by atoms with Crippen LogP contribution in [0.15, 0.2) is 24.3 Å². The van der Waals surface area contributed by atoms with Crippen LogP contribution >= 0.6 is 0 Å². The van der Waals surface area contributed by atoms with Gasteiger partial charge in [-0.15, -0.1) is 0 Å². The molecule has 2 fully saturated rings. The fourth-order valence-corrected chi connectivity index (χ4v) is 5.46. The second-order valence-corrected chi connectivity index (χ2v) is 11.1. The quantitative estimate of drug-likeness (QED) is 0.724. The number of piperidine rings is 1. The van der Waals surface area contributed by atoms with E-state index < -0.39 is 17.7 Å². The van der Waals surface area contributed by atoms with Gasteiger partial charge < -0.3 is 24.4 Å². The molecule has 0 aliphatic carbocycles. The van der Waals surface area contributed by atoms with E-state index in [1.54, 1.807) is 0 Å². The minimum absolute atomic E-state index is 0.0191. The van der Waals surface area contributed by atoms with Gasteiger partial charge in [0.05, 0.1) is 12.2 Å². The van der Waals surface area contributed by atoms with Crippen molar-refractivity contribution in [2.24, 2.45) is 11.8 Å². The van der Waals surface area contributed by atoms with Crippen molar-refractivity contribution in [2.45, 2.75) is 90.3 Å². The van der Waals surface area contributed by atoms with Crippen molar-refractivity contribution in [3.05, 3.63) is 29.8 Å². The number of nitrogens with zero attached hydrogens (tertiary/aromatic N) is 1. The van der Waals surface area contributed by atoms with Gasteiger partial charge in [-0.1, -0.05) is 25.1 Å². The largest absolute Gasteiger partial charge is 0.487 e. The first-order valence-corrected chi connectivity index (χ1v) is 12.2. The first kappa shape index (κ1) is 23.9. The molecule has 182 valence electrons. The first-order chi connectivity index (χ1) is 15.5. The van der Waals surface area contributed by atoms with Gasteiger partial charge in [0.1, 0.15) is 23.0 Å². The first-order valence-electron chi connectivity index (χ1n) is 12.2. The van der Waals surface area contributed by atoms with Gasteiger partial charge in [0.15, 0.2) is 0 Å². The molecule has 4 rings (SSSR count). The summed E-state index contributed by atoms with van der Waals surface area (Å²) in [5, 5.41) is 2.76. The number of hydrogen-bond acceptors (Lipinski definition) is 5. The smallest absolute Gasteiger partial charge is 0.408 e. The van der Waals surface area contributed by atoms with E-state index in [2.05, 4.69) is 25.2 Å². The second kappa shape index (κ2) is 8.82. The summed E-state index contributed by atoms with van der Waals surface area (Å²) in [5.74, 6) is 1.32. The van der Waals surface area contributed by atoms with Gasteiger partial charge in [-0.25, -0.2) is 4.79 Å². The number of benzene rings is 1. The van der Waals surface area contributed by atoms with E-state index >= 15 is 0 Å². The van der Waals surface area contributed by atoms with Crippen LogP contribution in [0.2, 0.25) is 0 Å². The average Bonchev–Trinajstić information content (AvgIpc) is 2.74. The molecule has 3 heterocycles. The maximum absolute atomic E-state index is 13.3. The number of hydrogen-bond donors (Lipinski definition) is 1. The molecule has 2 saturated heterocycles. The Morgan fingerprint density at radius 1 is 1.27 bits per heavy atom. The molecular weight excluding hydrogens is 420 g/mol. The van der Waals surface area contributed by atoms with Crippen LogP contribution in [0.4, 0.5) is 4.79 Å². The molecular formula is C26H38N2O5. The van der Waals surface area contributed by atoms with E-state index in [0.29, 0.717) is 19.5 Å². The van der Waals surface area contributed by atoms with Crippen molar-refractivity contribution in [3.8, 4) is 5.75 Å². The third kappa shape index (κ3) is 4.98. The fraction of sp³-hybridized carbons (Fsp3) is 0.692. The van der Waals surface area contributed by atoms with Crippen molar-refractivity contribution in [3.63, 3.8) is 0 Å². The maximum atomic E-state index is 13.3. The highest BCUT2D eigenvalue weighted by molar-refractivity contribution is 5.85. The van der Waals surface area contributed by atoms with Crippen LogP contribution in [0.5, 0.6) is 5.75 Å². The van der Waals surface area contributed by atoms with Gasteiger partial charge in [0.25, 0.3) is 0 Å². The van der Waals surface area contributed by atoms with E-state index in [9.17, 15) is 9.59 Å². The third-order valence-electron chi connectivity index (χ3n) is 7.11. The SMILES string of the molecule is CC[C@@H](NC(=O)OC(C)(C)C)C(=O)N1CC[C@@H]2O[C@@H]3c4ccccc4OC(C)(C)[C@H]3C[C@@H]2C1. The number of ether oxygens (including phenoxy) is 3. The summed E-state index contributed by atoms with van der Waals surface area (Å²) in [4.78, 5) is 27.4. The summed E-state index contributed by atoms with van der Waals surface area (Å²) in [7, 11) is 0. The van der Waals surface area contributed by atoms with Gasteiger partial charge in [-0.3, -0.25) is 4.79 Å². The fourth-order valence-electron chi connectivity index (χ4n) is 5.46. The third-order valence-corrected chi connectivity index (χ3v) is 7.11. The highest BCUT2D eigenvalue weighted by Gasteiger charge is 2.51. The Bertz CT molecular complexity index is 893. The highest BCUT2D eigenvalue weighted by atomic mass is 16.6. The number of likely N-dealkylation sites (tertiary alicyclic amines) is 1. The van der Waals surface area contributed by atoms with Crippen LogP contribution in [0.25, 0.3) is 0 Å². The number of rotatable bonds is 3. The molecule has 0 bridgehead atoms. The Balaban J connectivity index is 1.44. The zero-order chi connectivity index (χ0) is 24.0. The van der Waals surface area contributed by atoms with Crippen LogP contribution in [0.1, 0.15) is 72.5 Å². The standard InChI is InChI=1S/C26H38N2O5/c1-7-19(27-24(30)33-25(2,3)4)23(29)28-13-12-20-16(15-28)14-18-22(31-20)17-10-8-9-11-21(17)32-26(18,5)6/h8-11,16,18-20,22H,7,12-15H2,1-6H3,(H,27,30)/t16-,18+,19-,20+,22-/m1/s1. The zero-order valence-electron chi connectivity index (χ0n) is 20.7. The molecule has 33 heavy (non-hydrogen) atoms. The summed E-state index contributed by atoms with van der Waals surface area (Å²) >= 11 is 0. The van der Waals surface area contributed by atoms with E-state index in [-0.39, 0.29) is 35.6 Å². The van der Waals surface area contributed by atoms with Crippen LogP contribution < -0.4 is 10.1 Å². The maximum Gasteiger partial charge on any atom is 0.408 e. The lowest BCUT2D eigenvalue weighted by atomic mass is 9.70. The lowest BCUT2D eigenvalue weighted by Gasteiger charge is -2.53. The predicted octanol–water partition coefficient (Wildman–Crippen LogP) is 4.46. The summed E-state index contributed by atoms with van der Waals surface area (Å²) in [5.41, 5.74) is 0.180. The number of carbonyl (C=O) groups excluding carboxylic acids is 2. The van der Waals surface area contributed by atoms with E-state index in [4.69, 9.17) is 14.2 Å². The van der Waals surface area contributed by atoms with Crippen molar-refractivity contribution in [2.75, 3.05) is 13.1 Å². The molecule has 1 N–H and O–H groups in total. The summed E-state index contributed by atoms with van der Waals surface area (Å²) in [6.45, 7) is 12.9. The Labute approximate surface area is 197 Å². The number of fused-ring (bicyclic) bond motifs is 4. The summed E-state index contributed by atoms with van der Waals surface area (Å²) in [6, 6.07) is 7.58. The Hall–Kier alpha value is -2.28. The molecule has 3 aliphatic rings. The van der Waals surface area contributed by atoms with Crippen molar-refractivity contribution < 1.29 is 23.8 Å². The molecule has 5 atom stereocenters. The van der Waals surface area contributed by atoms with Crippen LogP contribution in [-0.2, 0) is 14.3 Å². The predicted molar refractivity (Wildman–Crippen MR) is 125 cm³/mol. The molecule has 1 aromatic rings. The molecule has 0 aromatic heterocycles. The van der Waals surface area contributed by atoms with Crippen LogP contribution in [0, 0.1) is 11.8 Å². The monoisotopic (exact) mass is 458 g/mol. The molecule has 7 nitrogen and oxygen atoms in total. The van der Waals surface area contributed by atoms with Gasteiger partial charge >= 0.3 is 6.09 Å². The minimum Gasteiger partial charge on any atom is -0.487 e. The molecule has 0 radical (unpaired) electrons. The van der Waals surface area contributed by atoms with E-state index in [0.717, 1.165) is 24.2 Å². The Morgan fingerprint density at radius 2 is 2.00 bits per heavy atom. The van der Waals surface area contributed by atoms with Crippen LogP contribution in [-0.4, -0.2) is 53.3 Å². The minimum atomic E-state index is -0.604. The molecule has 0 unspecified atom stereocenters. The van der Waals surface area contributed by atoms with Gasteiger partial charge in [-0.2, -0.15) is 0 Å². The Morgan fingerprint density at radius 3 is 2.70 bits per heavy atom. The molecule has 1 aromatic carbocycles. The average molecular weight is 459 g/mol. The second-order valence-electron chi connectivity index (χ2n) is 11.1. The van der Waals surface area contributed by atoms with Crippen molar-refractivity contribution >= 4 is 12.0 Å². The molecule has 0 saturated carbocycles. The zero-order valence-corrected chi connectivity index (χ0v) is 20.7.